The third-order valence-electron chi connectivity index (χ3n) is 5.38. The molecule has 0 unspecified atom stereocenters. The molecule has 0 radical (unpaired) electrons. The SMILES string of the molecule is Cc1cc(OCc2csc(C(=O)N3CCN(Cc4ccc(Cl)cc4)CC3)c2)ccc1Cl. The molecule has 2 heterocycles. The van der Waals surface area contributed by atoms with Gasteiger partial charge in [0.2, 0.25) is 0 Å². The molecule has 0 saturated carbocycles. The molecule has 1 saturated heterocycles. The maximum absolute atomic E-state index is 12.9. The number of amides is 1. The first-order valence-electron chi connectivity index (χ1n) is 10.2. The molecule has 162 valence electrons. The van der Waals surface area contributed by atoms with E-state index >= 15 is 0 Å². The lowest BCUT2D eigenvalue weighted by Gasteiger charge is -2.34. The second-order valence-electron chi connectivity index (χ2n) is 7.71. The van der Waals surface area contributed by atoms with E-state index in [2.05, 4.69) is 17.0 Å². The van der Waals surface area contributed by atoms with Crippen LogP contribution in [0.3, 0.4) is 0 Å². The number of rotatable bonds is 6. The number of aryl methyl sites for hydroxylation is 1. The van der Waals surface area contributed by atoms with Crippen LogP contribution in [0.1, 0.15) is 26.4 Å². The van der Waals surface area contributed by atoms with Crippen molar-refractivity contribution >= 4 is 40.4 Å². The van der Waals surface area contributed by atoms with Gasteiger partial charge < -0.3 is 9.64 Å². The summed E-state index contributed by atoms with van der Waals surface area (Å²) < 4.78 is 5.85. The Kier molecular flexibility index (Phi) is 7.18. The molecule has 1 fully saturated rings. The lowest BCUT2D eigenvalue weighted by molar-refractivity contribution is 0.0633. The summed E-state index contributed by atoms with van der Waals surface area (Å²) >= 11 is 13.5. The van der Waals surface area contributed by atoms with Crippen LogP contribution < -0.4 is 4.74 Å². The van der Waals surface area contributed by atoms with E-state index in [1.165, 1.54) is 16.9 Å². The highest BCUT2D eigenvalue weighted by atomic mass is 35.5. The van der Waals surface area contributed by atoms with Crippen LogP contribution in [-0.4, -0.2) is 41.9 Å². The molecule has 7 heteroatoms. The van der Waals surface area contributed by atoms with Gasteiger partial charge in [0, 0.05) is 48.3 Å². The van der Waals surface area contributed by atoms with Crippen LogP contribution in [0.15, 0.2) is 53.9 Å². The van der Waals surface area contributed by atoms with Crippen molar-refractivity contribution in [2.24, 2.45) is 0 Å². The van der Waals surface area contributed by atoms with E-state index < -0.39 is 0 Å². The summed E-state index contributed by atoms with van der Waals surface area (Å²) in [5, 5.41) is 3.47. The van der Waals surface area contributed by atoms with E-state index in [0.29, 0.717) is 6.61 Å². The lowest BCUT2D eigenvalue weighted by atomic mass is 10.2. The molecule has 0 aliphatic carbocycles. The van der Waals surface area contributed by atoms with Crippen molar-refractivity contribution in [3.8, 4) is 5.75 Å². The summed E-state index contributed by atoms with van der Waals surface area (Å²) in [5.41, 5.74) is 3.22. The number of hydrogen-bond acceptors (Lipinski definition) is 4. The van der Waals surface area contributed by atoms with Gasteiger partial charge in [-0.1, -0.05) is 35.3 Å². The standard InChI is InChI=1S/C24H24Cl2N2O2S/c1-17-12-21(6-7-22(17)26)30-15-19-13-23(31-16-19)24(29)28-10-8-27(9-11-28)14-18-2-4-20(25)5-3-18/h2-7,12-13,16H,8-11,14-15H2,1H3. The Bertz CT molecular complexity index is 1040. The molecule has 4 nitrogen and oxygen atoms in total. The molecule has 1 aromatic heterocycles. The van der Waals surface area contributed by atoms with Gasteiger partial charge in [0.15, 0.2) is 0 Å². The van der Waals surface area contributed by atoms with Gasteiger partial charge >= 0.3 is 0 Å². The second kappa shape index (κ2) is 10.0. The Morgan fingerprint density at radius 1 is 1.00 bits per heavy atom. The number of nitrogens with zero attached hydrogens (tertiary/aromatic N) is 2. The summed E-state index contributed by atoms with van der Waals surface area (Å²) in [6.07, 6.45) is 0. The molecule has 3 aromatic rings. The van der Waals surface area contributed by atoms with E-state index in [0.717, 1.165) is 64.5 Å². The average molecular weight is 475 g/mol. The fourth-order valence-corrected chi connectivity index (χ4v) is 4.66. The number of hydrogen-bond donors (Lipinski definition) is 0. The van der Waals surface area contributed by atoms with Crippen LogP contribution >= 0.6 is 34.5 Å². The molecule has 0 atom stereocenters. The Morgan fingerprint density at radius 2 is 1.74 bits per heavy atom. The van der Waals surface area contributed by atoms with Gasteiger partial charge in [-0.3, -0.25) is 9.69 Å². The van der Waals surface area contributed by atoms with E-state index in [-0.39, 0.29) is 5.91 Å². The first kappa shape index (κ1) is 22.2. The molecule has 0 N–H and O–H groups in total. The topological polar surface area (TPSA) is 32.8 Å². The van der Waals surface area contributed by atoms with E-state index in [1.807, 2.05) is 53.6 Å². The maximum atomic E-state index is 12.9. The van der Waals surface area contributed by atoms with Crippen LogP contribution in [-0.2, 0) is 13.2 Å². The van der Waals surface area contributed by atoms with E-state index in [4.69, 9.17) is 27.9 Å². The molecular formula is C24H24Cl2N2O2S. The summed E-state index contributed by atoms with van der Waals surface area (Å²) in [6, 6.07) is 15.5. The Balaban J connectivity index is 1.27. The summed E-state index contributed by atoms with van der Waals surface area (Å²) in [6.45, 7) is 6.47. The van der Waals surface area contributed by atoms with Gasteiger partial charge in [0.05, 0.1) is 4.88 Å². The van der Waals surface area contributed by atoms with Crippen molar-refractivity contribution in [1.82, 2.24) is 9.80 Å². The van der Waals surface area contributed by atoms with Crippen molar-refractivity contribution in [2.45, 2.75) is 20.1 Å². The smallest absolute Gasteiger partial charge is 0.264 e. The quantitative estimate of drug-likeness (QED) is 0.445. The number of piperazine rings is 1. The van der Waals surface area contributed by atoms with Gasteiger partial charge in [-0.15, -0.1) is 11.3 Å². The Labute approximate surface area is 197 Å². The zero-order chi connectivity index (χ0) is 21.8. The fourth-order valence-electron chi connectivity index (χ4n) is 3.55. The van der Waals surface area contributed by atoms with Crippen molar-refractivity contribution in [1.29, 1.82) is 0 Å². The van der Waals surface area contributed by atoms with Gasteiger partial charge in [0.25, 0.3) is 5.91 Å². The van der Waals surface area contributed by atoms with Gasteiger partial charge in [-0.25, -0.2) is 0 Å². The highest BCUT2D eigenvalue weighted by molar-refractivity contribution is 7.12. The zero-order valence-corrected chi connectivity index (χ0v) is 19.6. The van der Waals surface area contributed by atoms with Crippen LogP contribution in [0.5, 0.6) is 5.75 Å². The molecule has 1 aliphatic rings. The maximum Gasteiger partial charge on any atom is 0.264 e. The minimum Gasteiger partial charge on any atom is -0.489 e. The van der Waals surface area contributed by atoms with Crippen LogP contribution in [0.25, 0.3) is 0 Å². The van der Waals surface area contributed by atoms with Crippen molar-refractivity contribution in [3.63, 3.8) is 0 Å². The highest BCUT2D eigenvalue weighted by Crippen LogP contribution is 2.24. The predicted octanol–water partition coefficient (Wildman–Crippen LogP) is 5.90. The molecular weight excluding hydrogens is 451 g/mol. The summed E-state index contributed by atoms with van der Waals surface area (Å²) in [4.78, 5) is 18.0. The van der Waals surface area contributed by atoms with Crippen molar-refractivity contribution in [2.75, 3.05) is 26.2 Å². The van der Waals surface area contributed by atoms with Crippen molar-refractivity contribution in [3.05, 3.63) is 85.5 Å². The molecule has 0 bridgehead atoms. The summed E-state index contributed by atoms with van der Waals surface area (Å²) in [5.74, 6) is 0.877. The largest absolute Gasteiger partial charge is 0.489 e. The normalized spacial score (nSPS) is 14.6. The number of halogens is 2. The third kappa shape index (κ3) is 5.80. The summed E-state index contributed by atoms with van der Waals surface area (Å²) in [7, 11) is 0. The average Bonchev–Trinajstić information content (AvgIpc) is 3.25. The minimum absolute atomic E-state index is 0.102. The first-order valence-corrected chi connectivity index (χ1v) is 11.8. The minimum atomic E-state index is 0.102. The molecule has 31 heavy (non-hydrogen) atoms. The molecule has 1 aliphatic heterocycles. The second-order valence-corrected chi connectivity index (χ2v) is 9.47. The highest BCUT2D eigenvalue weighted by Gasteiger charge is 2.23. The van der Waals surface area contributed by atoms with Crippen LogP contribution in [0, 0.1) is 6.92 Å². The van der Waals surface area contributed by atoms with Crippen molar-refractivity contribution < 1.29 is 9.53 Å². The Hall–Kier alpha value is -2.05. The number of thiophene rings is 1. The number of carbonyl (C=O) groups excluding carboxylic acids is 1. The Morgan fingerprint density at radius 3 is 2.45 bits per heavy atom. The van der Waals surface area contributed by atoms with Gasteiger partial charge in [-0.2, -0.15) is 0 Å². The van der Waals surface area contributed by atoms with Crippen LogP contribution in [0.2, 0.25) is 10.0 Å². The van der Waals surface area contributed by atoms with E-state index in [1.54, 1.807) is 0 Å². The molecule has 1 amide bonds. The third-order valence-corrected chi connectivity index (χ3v) is 7.02. The molecule has 0 spiro atoms. The predicted molar refractivity (Wildman–Crippen MR) is 127 cm³/mol. The number of carbonyl (C=O) groups is 1. The molecule has 4 rings (SSSR count). The van der Waals surface area contributed by atoms with E-state index in [9.17, 15) is 4.79 Å². The number of ether oxygens (including phenoxy) is 1. The fraction of sp³-hybridized carbons (Fsp3) is 0.292. The zero-order valence-electron chi connectivity index (χ0n) is 17.3. The van der Waals surface area contributed by atoms with Gasteiger partial charge in [-0.05, 0) is 59.8 Å². The molecule has 2 aromatic carbocycles. The lowest BCUT2D eigenvalue weighted by Crippen LogP contribution is -2.48. The van der Waals surface area contributed by atoms with Crippen LogP contribution in [0.4, 0.5) is 0 Å². The monoisotopic (exact) mass is 474 g/mol. The number of benzene rings is 2. The first-order chi connectivity index (χ1) is 15.0. The van der Waals surface area contributed by atoms with Gasteiger partial charge in [0.1, 0.15) is 12.4 Å².